The molecule has 0 saturated heterocycles. The average molecular weight is 244 g/mol. The maximum atomic E-state index is 11.4. The van der Waals surface area contributed by atoms with Crippen molar-refractivity contribution >= 4 is 12.0 Å². The molecule has 1 N–H and O–H groups in total. The van der Waals surface area contributed by atoms with Crippen LogP contribution < -0.4 is 10.1 Å². The Hall–Kier alpha value is -2.28. The maximum absolute atomic E-state index is 11.4. The minimum absolute atomic E-state index is 0.0337. The molecule has 0 bridgehead atoms. The van der Waals surface area contributed by atoms with Crippen molar-refractivity contribution in [2.24, 2.45) is 0 Å². The fraction of sp³-hybridized carbons (Fsp3) is 0.286. The molecule has 1 rings (SSSR count). The quantitative estimate of drug-likeness (QED) is 0.807. The van der Waals surface area contributed by atoms with Gasteiger partial charge in [-0.3, -0.25) is 4.79 Å². The highest BCUT2D eigenvalue weighted by Gasteiger charge is 1.97. The van der Waals surface area contributed by atoms with Crippen molar-refractivity contribution in [3.8, 4) is 11.8 Å². The number of hydrogen-bond acceptors (Lipinski definition) is 3. The molecule has 0 spiro atoms. The van der Waals surface area contributed by atoms with E-state index in [9.17, 15) is 4.79 Å². The van der Waals surface area contributed by atoms with Gasteiger partial charge in [0.05, 0.1) is 0 Å². The van der Waals surface area contributed by atoms with E-state index in [1.54, 1.807) is 18.2 Å². The zero-order valence-electron chi connectivity index (χ0n) is 10.5. The van der Waals surface area contributed by atoms with Crippen molar-refractivity contribution in [1.29, 1.82) is 5.26 Å². The summed E-state index contributed by atoms with van der Waals surface area (Å²) in [7, 11) is 0. The van der Waals surface area contributed by atoms with E-state index < -0.39 is 0 Å². The first-order chi connectivity index (χ1) is 8.61. The molecule has 4 nitrogen and oxygen atoms in total. The van der Waals surface area contributed by atoms with Crippen LogP contribution in [0.2, 0.25) is 0 Å². The molecule has 94 valence electrons. The van der Waals surface area contributed by atoms with Crippen LogP contribution in [-0.4, -0.2) is 18.6 Å². The monoisotopic (exact) mass is 244 g/mol. The second-order valence-electron chi connectivity index (χ2n) is 4.01. The van der Waals surface area contributed by atoms with E-state index in [0.717, 1.165) is 5.56 Å². The van der Waals surface area contributed by atoms with Gasteiger partial charge in [-0.15, -0.1) is 0 Å². The number of hydrogen-bond donors (Lipinski definition) is 1. The normalized spacial score (nSPS) is 10.3. The lowest BCUT2D eigenvalue weighted by Crippen LogP contribution is -2.28. The highest BCUT2D eigenvalue weighted by molar-refractivity contribution is 5.91. The van der Waals surface area contributed by atoms with Crippen molar-refractivity contribution in [2.45, 2.75) is 19.9 Å². The molecule has 0 aliphatic carbocycles. The summed E-state index contributed by atoms with van der Waals surface area (Å²) in [6.45, 7) is 3.85. The molecular formula is C14H16N2O2. The third-order valence-corrected chi connectivity index (χ3v) is 2.04. The second-order valence-corrected chi connectivity index (χ2v) is 4.01. The minimum atomic E-state index is -0.116. The summed E-state index contributed by atoms with van der Waals surface area (Å²) in [5.74, 6) is 0.523. The fourth-order valence-electron chi connectivity index (χ4n) is 1.30. The SMILES string of the molecule is CC(C)NC(=O)/C=C/c1ccc(OCC#N)cc1. The van der Waals surface area contributed by atoms with Crippen molar-refractivity contribution in [3.05, 3.63) is 35.9 Å². The van der Waals surface area contributed by atoms with Gasteiger partial charge in [0.2, 0.25) is 5.91 Å². The predicted molar refractivity (Wildman–Crippen MR) is 69.9 cm³/mol. The first-order valence-electron chi connectivity index (χ1n) is 5.70. The van der Waals surface area contributed by atoms with Gasteiger partial charge in [-0.1, -0.05) is 12.1 Å². The summed E-state index contributed by atoms with van der Waals surface area (Å²) < 4.78 is 5.12. The number of nitriles is 1. The van der Waals surface area contributed by atoms with E-state index in [2.05, 4.69) is 5.32 Å². The summed E-state index contributed by atoms with van der Waals surface area (Å²) in [4.78, 5) is 11.4. The van der Waals surface area contributed by atoms with Crippen molar-refractivity contribution in [3.63, 3.8) is 0 Å². The number of ether oxygens (including phenoxy) is 1. The lowest BCUT2D eigenvalue weighted by Gasteiger charge is -2.04. The Balaban J connectivity index is 2.55. The van der Waals surface area contributed by atoms with Gasteiger partial charge in [-0.25, -0.2) is 0 Å². The van der Waals surface area contributed by atoms with Crippen LogP contribution in [0.5, 0.6) is 5.75 Å². The van der Waals surface area contributed by atoms with Crippen LogP contribution in [0.1, 0.15) is 19.4 Å². The van der Waals surface area contributed by atoms with Crippen molar-refractivity contribution in [1.82, 2.24) is 5.32 Å². The number of amides is 1. The molecule has 0 fully saturated rings. The largest absolute Gasteiger partial charge is 0.479 e. The zero-order valence-corrected chi connectivity index (χ0v) is 10.5. The van der Waals surface area contributed by atoms with Crippen molar-refractivity contribution in [2.75, 3.05) is 6.61 Å². The molecule has 0 heterocycles. The van der Waals surface area contributed by atoms with E-state index in [1.165, 1.54) is 6.08 Å². The van der Waals surface area contributed by atoms with E-state index >= 15 is 0 Å². The summed E-state index contributed by atoms with van der Waals surface area (Å²) in [5, 5.41) is 11.1. The number of carbonyl (C=O) groups excluding carboxylic acids is 1. The molecular weight excluding hydrogens is 228 g/mol. The van der Waals surface area contributed by atoms with Crippen LogP contribution in [0, 0.1) is 11.3 Å². The Bertz CT molecular complexity index is 456. The van der Waals surface area contributed by atoms with E-state index in [-0.39, 0.29) is 18.6 Å². The van der Waals surface area contributed by atoms with Crippen LogP contribution >= 0.6 is 0 Å². The lowest BCUT2D eigenvalue weighted by atomic mass is 10.2. The Morgan fingerprint density at radius 1 is 1.44 bits per heavy atom. The molecule has 0 aromatic heterocycles. The fourth-order valence-corrected chi connectivity index (χ4v) is 1.30. The molecule has 1 aromatic rings. The zero-order chi connectivity index (χ0) is 13.4. The Kier molecular flexibility index (Phi) is 5.46. The van der Waals surface area contributed by atoms with Gasteiger partial charge < -0.3 is 10.1 Å². The van der Waals surface area contributed by atoms with E-state index in [1.807, 2.05) is 32.0 Å². The Morgan fingerprint density at radius 3 is 2.67 bits per heavy atom. The number of benzene rings is 1. The number of rotatable bonds is 5. The minimum Gasteiger partial charge on any atom is -0.479 e. The van der Waals surface area contributed by atoms with Gasteiger partial charge in [0.25, 0.3) is 0 Å². The van der Waals surface area contributed by atoms with Gasteiger partial charge in [0.1, 0.15) is 11.8 Å². The maximum Gasteiger partial charge on any atom is 0.244 e. The predicted octanol–water partition coefficient (Wildman–Crippen LogP) is 2.13. The number of nitrogens with zero attached hydrogens (tertiary/aromatic N) is 1. The highest BCUT2D eigenvalue weighted by atomic mass is 16.5. The van der Waals surface area contributed by atoms with Crippen LogP contribution in [0.15, 0.2) is 30.3 Å². The number of nitrogens with one attached hydrogen (secondary N) is 1. The molecule has 0 aliphatic rings. The third-order valence-electron chi connectivity index (χ3n) is 2.04. The van der Waals surface area contributed by atoms with Crippen LogP contribution in [-0.2, 0) is 4.79 Å². The molecule has 0 unspecified atom stereocenters. The topological polar surface area (TPSA) is 62.1 Å². The molecule has 0 radical (unpaired) electrons. The van der Waals surface area contributed by atoms with E-state index in [4.69, 9.17) is 10.00 Å². The first kappa shape index (κ1) is 13.8. The molecule has 0 aliphatic heterocycles. The van der Waals surface area contributed by atoms with E-state index in [0.29, 0.717) is 5.75 Å². The summed E-state index contributed by atoms with van der Waals surface area (Å²) in [5.41, 5.74) is 0.901. The molecule has 1 aromatic carbocycles. The van der Waals surface area contributed by atoms with Gasteiger partial charge in [-0.2, -0.15) is 5.26 Å². The van der Waals surface area contributed by atoms with Crippen LogP contribution in [0.25, 0.3) is 6.08 Å². The average Bonchev–Trinajstić information content (AvgIpc) is 2.34. The summed E-state index contributed by atoms with van der Waals surface area (Å²) in [6, 6.07) is 9.20. The Morgan fingerprint density at radius 2 is 2.11 bits per heavy atom. The van der Waals surface area contributed by atoms with Gasteiger partial charge >= 0.3 is 0 Å². The summed E-state index contributed by atoms with van der Waals surface area (Å²) >= 11 is 0. The lowest BCUT2D eigenvalue weighted by molar-refractivity contribution is -0.116. The number of carbonyl (C=O) groups is 1. The van der Waals surface area contributed by atoms with Crippen LogP contribution in [0.3, 0.4) is 0 Å². The summed E-state index contributed by atoms with van der Waals surface area (Å²) in [6.07, 6.45) is 3.22. The standard InChI is InChI=1S/C14H16N2O2/c1-11(2)16-14(17)8-5-12-3-6-13(7-4-12)18-10-9-15/h3-8,11H,10H2,1-2H3,(H,16,17)/b8-5+. The second kappa shape index (κ2) is 7.13. The van der Waals surface area contributed by atoms with Gasteiger partial charge in [0.15, 0.2) is 6.61 Å². The van der Waals surface area contributed by atoms with Gasteiger partial charge in [-0.05, 0) is 37.6 Å². The highest BCUT2D eigenvalue weighted by Crippen LogP contribution is 2.12. The third kappa shape index (κ3) is 5.17. The smallest absolute Gasteiger partial charge is 0.244 e. The van der Waals surface area contributed by atoms with Crippen molar-refractivity contribution < 1.29 is 9.53 Å². The molecule has 0 atom stereocenters. The molecule has 18 heavy (non-hydrogen) atoms. The molecule has 0 saturated carbocycles. The van der Waals surface area contributed by atoms with Crippen LogP contribution in [0.4, 0.5) is 0 Å². The first-order valence-corrected chi connectivity index (χ1v) is 5.70. The molecule has 4 heteroatoms. The molecule has 1 amide bonds. The Labute approximate surface area is 107 Å². The van der Waals surface area contributed by atoms with Gasteiger partial charge in [0, 0.05) is 12.1 Å².